The molecule has 0 saturated carbocycles. The lowest BCUT2D eigenvalue weighted by molar-refractivity contribution is 0.218. The monoisotopic (exact) mass is 500 g/mol. The van der Waals surface area contributed by atoms with E-state index in [0.29, 0.717) is 0 Å². The molecular weight excluding hydrogens is 467 g/mol. The zero-order valence-corrected chi connectivity index (χ0v) is 19.6. The van der Waals surface area contributed by atoms with E-state index in [1.165, 1.54) is 5.56 Å². The van der Waals surface area contributed by atoms with E-state index in [4.69, 9.17) is 9.15 Å². The highest BCUT2D eigenvalue weighted by Gasteiger charge is 2.19. The van der Waals surface area contributed by atoms with Crippen LogP contribution in [0.4, 0.5) is 0 Å². The van der Waals surface area contributed by atoms with Crippen LogP contribution in [-0.2, 0) is 6.42 Å². The number of nitrogens with zero attached hydrogens (tertiary/aromatic N) is 2. The molecule has 28 heavy (non-hydrogen) atoms. The predicted molar refractivity (Wildman–Crippen MR) is 126 cm³/mol. The first-order valence-electron chi connectivity index (χ1n) is 9.56. The van der Waals surface area contributed by atoms with Crippen molar-refractivity contribution < 1.29 is 9.15 Å². The number of hydrogen-bond acceptors (Lipinski definition) is 4. The number of hydrogen-bond donors (Lipinski definition) is 2. The van der Waals surface area contributed by atoms with Crippen LogP contribution in [0.2, 0.25) is 0 Å². The number of aliphatic imine (C=N–C) groups is 1. The van der Waals surface area contributed by atoms with Gasteiger partial charge in [0.15, 0.2) is 5.96 Å². The molecule has 1 aromatic carbocycles. The van der Waals surface area contributed by atoms with Crippen LogP contribution in [0.25, 0.3) is 0 Å². The summed E-state index contributed by atoms with van der Waals surface area (Å²) >= 11 is 0. The minimum absolute atomic E-state index is 0. The van der Waals surface area contributed by atoms with Gasteiger partial charge in [-0.1, -0.05) is 26.0 Å². The molecule has 156 valence electrons. The fourth-order valence-corrected chi connectivity index (χ4v) is 3.14. The molecule has 0 aliphatic carbocycles. The molecule has 0 aliphatic heterocycles. The molecule has 1 aromatic heterocycles. The summed E-state index contributed by atoms with van der Waals surface area (Å²) in [6.45, 7) is 7.85. The van der Waals surface area contributed by atoms with Gasteiger partial charge in [-0.3, -0.25) is 9.89 Å². The number of benzene rings is 1. The summed E-state index contributed by atoms with van der Waals surface area (Å²) in [4.78, 5) is 6.77. The molecule has 0 spiro atoms. The van der Waals surface area contributed by atoms with Crippen molar-refractivity contribution in [3.63, 3.8) is 0 Å². The Bertz CT molecular complexity index is 687. The van der Waals surface area contributed by atoms with Crippen LogP contribution in [0.1, 0.15) is 31.2 Å². The van der Waals surface area contributed by atoms with Gasteiger partial charge in [0.05, 0.1) is 19.4 Å². The molecule has 0 fully saturated rings. The van der Waals surface area contributed by atoms with Gasteiger partial charge in [-0.25, -0.2) is 0 Å². The van der Waals surface area contributed by atoms with Crippen molar-refractivity contribution >= 4 is 29.9 Å². The van der Waals surface area contributed by atoms with Gasteiger partial charge in [0.2, 0.25) is 0 Å². The summed E-state index contributed by atoms with van der Waals surface area (Å²) in [5.41, 5.74) is 1.23. The molecular formula is C21H33IN4O2. The van der Waals surface area contributed by atoms with Crippen LogP contribution in [0.15, 0.2) is 52.1 Å². The number of guanidine groups is 1. The smallest absolute Gasteiger partial charge is 0.191 e. The first-order valence-corrected chi connectivity index (χ1v) is 9.56. The SMILES string of the molecule is CCN(CC)C(CNC(=NC)NCCc1ccco1)c1cccc(OC)c1.I. The molecule has 2 aromatic rings. The van der Waals surface area contributed by atoms with Crippen molar-refractivity contribution in [1.29, 1.82) is 0 Å². The molecule has 1 atom stereocenters. The van der Waals surface area contributed by atoms with Crippen LogP contribution < -0.4 is 15.4 Å². The summed E-state index contributed by atoms with van der Waals surface area (Å²) < 4.78 is 10.8. The van der Waals surface area contributed by atoms with Gasteiger partial charge in [-0.05, 0) is 42.9 Å². The Hall–Kier alpha value is -1.74. The highest BCUT2D eigenvalue weighted by Crippen LogP contribution is 2.23. The second-order valence-electron chi connectivity index (χ2n) is 6.22. The third-order valence-electron chi connectivity index (χ3n) is 4.66. The molecule has 7 heteroatoms. The Morgan fingerprint density at radius 3 is 2.57 bits per heavy atom. The number of ether oxygens (including phenoxy) is 1. The van der Waals surface area contributed by atoms with E-state index >= 15 is 0 Å². The fourth-order valence-electron chi connectivity index (χ4n) is 3.14. The van der Waals surface area contributed by atoms with E-state index in [-0.39, 0.29) is 30.0 Å². The van der Waals surface area contributed by atoms with E-state index in [0.717, 1.165) is 50.1 Å². The van der Waals surface area contributed by atoms with Crippen molar-refractivity contribution in [1.82, 2.24) is 15.5 Å². The van der Waals surface area contributed by atoms with Crippen LogP contribution in [0.3, 0.4) is 0 Å². The molecule has 0 radical (unpaired) electrons. The highest BCUT2D eigenvalue weighted by molar-refractivity contribution is 14.0. The summed E-state index contributed by atoms with van der Waals surface area (Å²) in [6.07, 6.45) is 2.52. The van der Waals surface area contributed by atoms with Crippen LogP contribution in [0, 0.1) is 0 Å². The summed E-state index contributed by atoms with van der Waals surface area (Å²) in [5, 5.41) is 6.81. The number of nitrogens with one attached hydrogen (secondary N) is 2. The first kappa shape index (κ1) is 24.3. The van der Waals surface area contributed by atoms with Crippen LogP contribution in [-0.4, -0.2) is 51.2 Å². The number of furan rings is 1. The molecule has 0 saturated heterocycles. The van der Waals surface area contributed by atoms with E-state index in [2.05, 4.69) is 46.5 Å². The zero-order chi connectivity index (χ0) is 19.5. The van der Waals surface area contributed by atoms with Crippen molar-refractivity contribution in [2.75, 3.05) is 40.3 Å². The lowest BCUT2D eigenvalue weighted by atomic mass is 10.0. The van der Waals surface area contributed by atoms with E-state index in [9.17, 15) is 0 Å². The molecule has 0 amide bonds. The maximum atomic E-state index is 5.40. The molecule has 0 bridgehead atoms. The first-order chi connectivity index (χ1) is 13.2. The number of halogens is 1. The van der Waals surface area contributed by atoms with Crippen molar-refractivity contribution in [2.45, 2.75) is 26.3 Å². The van der Waals surface area contributed by atoms with Gasteiger partial charge in [0.25, 0.3) is 0 Å². The average molecular weight is 500 g/mol. The normalized spacial score (nSPS) is 12.4. The quantitative estimate of drug-likeness (QED) is 0.296. The van der Waals surface area contributed by atoms with Gasteiger partial charge in [0.1, 0.15) is 11.5 Å². The zero-order valence-electron chi connectivity index (χ0n) is 17.3. The fraction of sp³-hybridized carbons (Fsp3) is 0.476. The third-order valence-corrected chi connectivity index (χ3v) is 4.66. The summed E-state index contributed by atoms with van der Waals surface area (Å²) in [5.74, 6) is 2.64. The molecule has 1 unspecified atom stereocenters. The standard InChI is InChI=1S/C21H32N4O2.HI/c1-5-25(6-2)20(17-9-7-10-19(15-17)26-4)16-24-21(22-3)23-13-12-18-11-8-14-27-18;/h7-11,14-15,20H,5-6,12-13,16H2,1-4H3,(H2,22,23,24);1H. The van der Waals surface area contributed by atoms with Crippen LogP contribution in [0.5, 0.6) is 5.75 Å². The van der Waals surface area contributed by atoms with Gasteiger partial charge in [-0.2, -0.15) is 0 Å². The molecule has 2 N–H and O–H groups in total. The Balaban J connectivity index is 0.00000392. The maximum absolute atomic E-state index is 5.40. The second-order valence-corrected chi connectivity index (χ2v) is 6.22. The summed E-state index contributed by atoms with van der Waals surface area (Å²) in [6, 6.07) is 12.4. The maximum Gasteiger partial charge on any atom is 0.191 e. The van der Waals surface area contributed by atoms with Gasteiger partial charge in [-0.15, -0.1) is 24.0 Å². The Kier molecular flexibility index (Phi) is 11.7. The van der Waals surface area contributed by atoms with E-state index in [1.807, 2.05) is 24.3 Å². The number of methoxy groups -OCH3 is 1. The number of rotatable bonds is 10. The van der Waals surface area contributed by atoms with E-state index < -0.39 is 0 Å². The lowest BCUT2D eigenvalue weighted by Gasteiger charge is -2.31. The Morgan fingerprint density at radius 1 is 1.18 bits per heavy atom. The Labute approximate surface area is 185 Å². The summed E-state index contributed by atoms with van der Waals surface area (Å²) in [7, 11) is 3.49. The number of likely N-dealkylation sites (N-methyl/N-ethyl adjacent to an activating group) is 1. The minimum Gasteiger partial charge on any atom is -0.497 e. The minimum atomic E-state index is 0. The van der Waals surface area contributed by atoms with Crippen molar-refractivity contribution in [3.05, 3.63) is 54.0 Å². The predicted octanol–water partition coefficient (Wildman–Crippen LogP) is 3.70. The molecule has 6 nitrogen and oxygen atoms in total. The van der Waals surface area contributed by atoms with Crippen molar-refractivity contribution in [2.24, 2.45) is 4.99 Å². The van der Waals surface area contributed by atoms with Gasteiger partial charge >= 0.3 is 0 Å². The topological polar surface area (TPSA) is 62.0 Å². The van der Waals surface area contributed by atoms with E-state index in [1.54, 1.807) is 20.4 Å². The van der Waals surface area contributed by atoms with Gasteiger partial charge < -0.3 is 19.8 Å². The van der Waals surface area contributed by atoms with Gasteiger partial charge in [0, 0.05) is 26.6 Å². The molecule has 1 heterocycles. The third kappa shape index (κ3) is 7.35. The van der Waals surface area contributed by atoms with Crippen molar-refractivity contribution in [3.8, 4) is 5.75 Å². The molecule has 0 aliphatic rings. The lowest BCUT2D eigenvalue weighted by Crippen LogP contribution is -2.43. The highest BCUT2D eigenvalue weighted by atomic mass is 127. The second kappa shape index (κ2) is 13.4. The molecule has 2 rings (SSSR count). The largest absolute Gasteiger partial charge is 0.497 e. The Morgan fingerprint density at radius 2 is 1.96 bits per heavy atom. The average Bonchev–Trinajstić information content (AvgIpc) is 3.23. The van der Waals surface area contributed by atoms with Crippen LogP contribution >= 0.6 is 24.0 Å².